The van der Waals surface area contributed by atoms with Crippen molar-refractivity contribution in [1.29, 1.82) is 5.26 Å². The molecule has 0 radical (unpaired) electrons. The van der Waals surface area contributed by atoms with Crippen LogP contribution in [0.15, 0.2) is 6.07 Å². The van der Waals surface area contributed by atoms with E-state index >= 15 is 0 Å². The molecule has 18 heavy (non-hydrogen) atoms. The first-order valence-electron chi connectivity index (χ1n) is 5.71. The summed E-state index contributed by atoms with van der Waals surface area (Å²) in [5.74, 6) is -0.884. The number of hydrogen-bond acceptors (Lipinski definition) is 5. The van der Waals surface area contributed by atoms with Crippen LogP contribution < -0.4 is 4.90 Å². The van der Waals surface area contributed by atoms with Crippen LogP contribution in [-0.2, 0) is 0 Å². The fourth-order valence-electron chi connectivity index (χ4n) is 1.53. The van der Waals surface area contributed by atoms with E-state index in [9.17, 15) is 4.79 Å². The van der Waals surface area contributed by atoms with Crippen molar-refractivity contribution in [3.05, 3.63) is 17.5 Å². The molecule has 0 amide bonds. The quantitative estimate of drug-likeness (QED) is 0.848. The van der Waals surface area contributed by atoms with Gasteiger partial charge >= 0.3 is 5.97 Å². The second-order valence-corrected chi connectivity index (χ2v) is 4.07. The van der Waals surface area contributed by atoms with Gasteiger partial charge < -0.3 is 10.0 Å². The maximum absolute atomic E-state index is 10.9. The van der Waals surface area contributed by atoms with Crippen molar-refractivity contribution in [3.8, 4) is 6.07 Å². The summed E-state index contributed by atoms with van der Waals surface area (Å²) in [5.41, 5.74) is 0.570. The molecule has 0 aliphatic rings. The molecule has 0 bridgehead atoms. The molecule has 0 aliphatic heterocycles. The highest BCUT2D eigenvalue weighted by atomic mass is 16.4. The molecule has 1 atom stereocenters. The minimum absolute atomic E-state index is 0.0273. The van der Waals surface area contributed by atoms with E-state index in [0.29, 0.717) is 24.7 Å². The van der Waals surface area contributed by atoms with Gasteiger partial charge in [0.1, 0.15) is 0 Å². The van der Waals surface area contributed by atoms with Crippen LogP contribution in [-0.4, -0.2) is 34.1 Å². The van der Waals surface area contributed by atoms with Gasteiger partial charge in [-0.25, -0.2) is 14.8 Å². The predicted molar refractivity (Wildman–Crippen MR) is 66.4 cm³/mol. The Balaban J connectivity index is 3.06. The minimum Gasteiger partial charge on any atom is -0.477 e. The van der Waals surface area contributed by atoms with Gasteiger partial charge in [-0.2, -0.15) is 5.26 Å². The minimum atomic E-state index is -1.08. The molecule has 0 saturated heterocycles. The van der Waals surface area contributed by atoms with Crippen molar-refractivity contribution in [2.75, 3.05) is 18.0 Å². The van der Waals surface area contributed by atoms with Gasteiger partial charge in [0.2, 0.25) is 5.95 Å². The Morgan fingerprint density at radius 1 is 1.61 bits per heavy atom. The molecule has 1 heterocycles. The van der Waals surface area contributed by atoms with Crippen LogP contribution in [0.5, 0.6) is 0 Å². The molecule has 1 unspecified atom stereocenters. The lowest BCUT2D eigenvalue weighted by Crippen LogP contribution is -2.30. The average Bonchev–Trinajstić information content (AvgIpc) is 2.34. The maximum Gasteiger partial charge on any atom is 0.354 e. The van der Waals surface area contributed by atoms with Crippen LogP contribution in [0.3, 0.4) is 0 Å². The lowest BCUT2D eigenvalue weighted by molar-refractivity contribution is 0.0690. The average molecular weight is 248 g/mol. The molecule has 0 spiro atoms. The van der Waals surface area contributed by atoms with E-state index in [1.165, 1.54) is 6.07 Å². The fraction of sp³-hybridized carbons (Fsp3) is 0.500. The molecule has 1 aromatic heterocycles. The SMILES string of the molecule is CCN(CC(C)C#N)c1nc(C)cc(C(=O)O)n1. The Hall–Kier alpha value is -2.16. The molecular weight excluding hydrogens is 232 g/mol. The van der Waals surface area contributed by atoms with Crippen molar-refractivity contribution in [2.45, 2.75) is 20.8 Å². The van der Waals surface area contributed by atoms with E-state index in [1.807, 2.05) is 6.92 Å². The van der Waals surface area contributed by atoms with Crippen LogP contribution in [0, 0.1) is 24.2 Å². The molecule has 0 fully saturated rings. The molecule has 0 aliphatic carbocycles. The highest BCUT2D eigenvalue weighted by molar-refractivity contribution is 5.85. The first-order valence-corrected chi connectivity index (χ1v) is 5.71. The third-order valence-corrected chi connectivity index (χ3v) is 2.44. The summed E-state index contributed by atoms with van der Waals surface area (Å²) >= 11 is 0. The monoisotopic (exact) mass is 248 g/mol. The van der Waals surface area contributed by atoms with Gasteiger partial charge in [-0.1, -0.05) is 0 Å². The maximum atomic E-state index is 10.9. The number of carboxylic acid groups (broad SMARTS) is 1. The summed E-state index contributed by atoms with van der Waals surface area (Å²) in [6, 6.07) is 3.56. The molecule has 0 aromatic carbocycles. The number of carbonyl (C=O) groups is 1. The normalized spacial score (nSPS) is 11.7. The molecule has 1 rings (SSSR count). The summed E-state index contributed by atoms with van der Waals surface area (Å²) in [4.78, 5) is 20.9. The van der Waals surface area contributed by atoms with Crippen LogP contribution in [0.4, 0.5) is 5.95 Å². The van der Waals surface area contributed by atoms with Gasteiger partial charge in [0.05, 0.1) is 12.0 Å². The Morgan fingerprint density at radius 3 is 2.78 bits per heavy atom. The lowest BCUT2D eigenvalue weighted by Gasteiger charge is -2.22. The van der Waals surface area contributed by atoms with Crippen LogP contribution in [0.1, 0.15) is 30.0 Å². The summed E-state index contributed by atoms with van der Waals surface area (Å²) < 4.78 is 0. The molecule has 0 saturated carbocycles. The highest BCUT2D eigenvalue weighted by Crippen LogP contribution is 2.12. The van der Waals surface area contributed by atoms with E-state index in [-0.39, 0.29) is 11.6 Å². The van der Waals surface area contributed by atoms with Crippen molar-refractivity contribution in [2.24, 2.45) is 5.92 Å². The van der Waals surface area contributed by atoms with Gasteiger partial charge in [-0.15, -0.1) is 0 Å². The van der Waals surface area contributed by atoms with Gasteiger partial charge in [0.15, 0.2) is 5.69 Å². The zero-order valence-corrected chi connectivity index (χ0v) is 10.7. The Labute approximate surface area is 106 Å². The largest absolute Gasteiger partial charge is 0.477 e. The third kappa shape index (κ3) is 3.42. The molecule has 1 N–H and O–H groups in total. The second-order valence-electron chi connectivity index (χ2n) is 4.07. The van der Waals surface area contributed by atoms with Gasteiger partial charge in [0.25, 0.3) is 0 Å². The molecule has 1 aromatic rings. The highest BCUT2D eigenvalue weighted by Gasteiger charge is 2.15. The van der Waals surface area contributed by atoms with Crippen molar-refractivity contribution >= 4 is 11.9 Å². The van der Waals surface area contributed by atoms with Gasteiger partial charge in [-0.05, 0) is 26.8 Å². The summed E-state index contributed by atoms with van der Waals surface area (Å²) in [6.45, 7) is 6.54. The summed E-state index contributed by atoms with van der Waals surface area (Å²) in [6.07, 6.45) is 0. The number of anilines is 1. The first kappa shape index (κ1) is 13.9. The van der Waals surface area contributed by atoms with Crippen LogP contribution in [0.2, 0.25) is 0 Å². The lowest BCUT2D eigenvalue weighted by atomic mass is 10.2. The van der Waals surface area contributed by atoms with Gasteiger partial charge in [-0.3, -0.25) is 0 Å². The second kappa shape index (κ2) is 5.96. The predicted octanol–water partition coefficient (Wildman–Crippen LogP) is 1.47. The zero-order chi connectivity index (χ0) is 13.7. The number of carboxylic acids is 1. The van der Waals surface area contributed by atoms with Crippen molar-refractivity contribution in [3.63, 3.8) is 0 Å². The van der Waals surface area contributed by atoms with Crippen LogP contribution in [0.25, 0.3) is 0 Å². The summed E-state index contributed by atoms with van der Waals surface area (Å²) in [7, 11) is 0. The van der Waals surface area contributed by atoms with E-state index in [0.717, 1.165) is 0 Å². The van der Waals surface area contributed by atoms with Gasteiger partial charge in [0, 0.05) is 18.8 Å². The number of hydrogen-bond donors (Lipinski definition) is 1. The van der Waals surface area contributed by atoms with E-state index < -0.39 is 5.97 Å². The molecule has 6 heteroatoms. The van der Waals surface area contributed by atoms with E-state index in [4.69, 9.17) is 10.4 Å². The van der Waals surface area contributed by atoms with Crippen LogP contribution >= 0.6 is 0 Å². The smallest absolute Gasteiger partial charge is 0.354 e. The third-order valence-electron chi connectivity index (χ3n) is 2.44. The Morgan fingerprint density at radius 2 is 2.28 bits per heavy atom. The number of nitriles is 1. The number of aromatic nitrogens is 2. The standard InChI is InChI=1S/C12H16N4O2/c1-4-16(7-8(2)6-13)12-14-9(3)5-10(15-12)11(17)18/h5,8H,4,7H2,1-3H3,(H,17,18). The molecular formula is C12H16N4O2. The number of aryl methyl sites for hydroxylation is 1. The Kier molecular flexibility index (Phi) is 4.60. The zero-order valence-electron chi connectivity index (χ0n) is 10.7. The summed E-state index contributed by atoms with van der Waals surface area (Å²) in [5, 5.41) is 17.8. The molecule has 96 valence electrons. The topological polar surface area (TPSA) is 90.1 Å². The fourth-order valence-corrected chi connectivity index (χ4v) is 1.53. The molecule has 6 nitrogen and oxygen atoms in total. The number of rotatable bonds is 5. The Bertz CT molecular complexity index is 481. The van der Waals surface area contributed by atoms with E-state index in [1.54, 1.807) is 18.7 Å². The van der Waals surface area contributed by atoms with Crippen molar-refractivity contribution in [1.82, 2.24) is 9.97 Å². The van der Waals surface area contributed by atoms with Crippen molar-refractivity contribution < 1.29 is 9.90 Å². The first-order chi connectivity index (χ1) is 8.47. The van der Waals surface area contributed by atoms with E-state index in [2.05, 4.69) is 16.0 Å². The number of nitrogens with zero attached hydrogens (tertiary/aromatic N) is 4. The number of aromatic carboxylic acids is 1.